The first-order valence-corrected chi connectivity index (χ1v) is 6.37. The second-order valence-corrected chi connectivity index (χ2v) is 4.87. The van der Waals surface area contributed by atoms with E-state index in [4.69, 9.17) is 12.2 Å². The van der Waals surface area contributed by atoms with Gasteiger partial charge in [0, 0.05) is 9.13 Å². The molecule has 2 aromatic carbocycles. The summed E-state index contributed by atoms with van der Waals surface area (Å²) in [5.41, 5.74) is 2.09. The zero-order chi connectivity index (χ0) is 11.4. The van der Waals surface area contributed by atoms with Gasteiger partial charge in [-0.25, -0.2) is 0 Å². The van der Waals surface area contributed by atoms with Gasteiger partial charge in [0.1, 0.15) is 4.99 Å². The Kier molecular flexibility index (Phi) is 3.90. The Morgan fingerprint density at radius 1 is 0.938 bits per heavy atom. The van der Waals surface area contributed by atoms with Crippen LogP contribution in [0.1, 0.15) is 5.56 Å². The molecule has 2 rings (SSSR count). The van der Waals surface area contributed by atoms with Crippen molar-refractivity contribution in [2.45, 2.75) is 0 Å². The minimum Gasteiger partial charge on any atom is -0.345 e. The van der Waals surface area contributed by atoms with Gasteiger partial charge in [0.15, 0.2) is 0 Å². The van der Waals surface area contributed by atoms with E-state index in [9.17, 15) is 0 Å². The van der Waals surface area contributed by atoms with Gasteiger partial charge < -0.3 is 5.32 Å². The van der Waals surface area contributed by atoms with Gasteiger partial charge in [0.2, 0.25) is 0 Å². The van der Waals surface area contributed by atoms with Gasteiger partial charge >= 0.3 is 0 Å². The highest BCUT2D eigenvalue weighted by molar-refractivity contribution is 14.1. The number of para-hydroxylation sites is 1. The second kappa shape index (κ2) is 5.41. The molecule has 0 amide bonds. The molecule has 0 atom stereocenters. The molecule has 0 aliphatic carbocycles. The Balaban J connectivity index is 2.18. The average Bonchev–Trinajstić information content (AvgIpc) is 2.33. The van der Waals surface area contributed by atoms with Gasteiger partial charge in [-0.05, 0) is 34.7 Å². The quantitative estimate of drug-likeness (QED) is 0.654. The topological polar surface area (TPSA) is 12.0 Å². The van der Waals surface area contributed by atoms with E-state index < -0.39 is 0 Å². The molecule has 1 nitrogen and oxygen atoms in total. The van der Waals surface area contributed by atoms with E-state index in [2.05, 4.69) is 34.0 Å². The molecule has 0 fully saturated rings. The van der Waals surface area contributed by atoms with Gasteiger partial charge in [-0.1, -0.05) is 54.7 Å². The van der Waals surface area contributed by atoms with Crippen molar-refractivity contribution in [2.75, 3.05) is 5.32 Å². The summed E-state index contributed by atoms with van der Waals surface area (Å²) in [5, 5.41) is 3.25. The molecule has 0 unspecified atom stereocenters. The van der Waals surface area contributed by atoms with Crippen molar-refractivity contribution in [3.05, 3.63) is 63.7 Å². The summed E-state index contributed by atoms with van der Waals surface area (Å²) in [5.74, 6) is 0. The van der Waals surface area contributed by atoms with E-state index in [-0.39, 0.29) is 0 Å². The minimum absolute atomic E-state index is 0.754. The molecule has 16 heavy (non-hydrogen) atoms. The van der Waals surface area contributed by atoms with E-state index in [0.717, 1.165) is 16.2 Å². The molecule has 3 heteroatoms. The van der Waals surface area contributed by atoms with E-state index in [0.29, 0.717) is 0 Å². The van der Waals surface area contributed by atoms with E-state index in [1.807, 2.05) is 48.5 Å². The summed E-state index contributed by atoms with van der Waals surface area (Å²) in [7, 11) is 0. The lowest BCUT2D eigenvalue weighted by molar-refractivity contribution is 1.58. The summed E-state index contributed by atoms with van der Waals surface area (Å²) in [6, 6.07) is 18.1. The van der Waals surface area contributed by atoms with Crippen molar-refractivity contribution in [1.29, 1.82) is 0 Å². The fourth-order valence-electron chi connectivity index (χ4n) is 1.35. The molecule has 0 aliphatic rings. The first-order valence-electron chi connectivity index (χ1n) is 4.88. The largest absolute Gasteiger partial charge is 0.345 e. The Hall–Kier alpha value is -0.940. The van der Waals surface area contributed by atoms with Gasteiger partial charge in [0.05, 0.1) is 5.69 Å². The van der Waals surface area contributed by atoms with Crippen LogP contribution in [0.2, 0.25) is 0 Å². The molecule has 0 heterocycles. The highest BCUT2D eigenvalue weighted by atomic mass is 127. The van der Waals surface area contributed by atoms with Crippen molar-refractivity contribution < 1.29 is 0 Å². The Bertz CT molecular complexity index is 496. The number of rotatable bonds is 2. The van der Waals surface area contributed by atoms with Crippen LogP contribution < -0.4 is 5.32 Å². The van der Waals surface area contributed by atoms with Crippen molar-refractivity contribution in [1.82, 2.24) is 0 Å². The minimum atomic E-state index is 0.754. The van der Waals surface area contributed by atoms with Crippen molar-refractivity contribution in [3.63, 3.8) is 0 Å². The van der Waals surface area contributed by atoms with Gasteiger partial charge in [-0.15, -0.1) is 0 Å². The first kappa shape index (κ1) is 11.5. The molecule has 80 valence electrons. The zero-order valence-electron chi connectivity index (χ0n) is 8.48. The molecular formula is C13H10INS. The molecule has 1 N–H and O–H groups in total. The smallest absolute Gasteiger partial charge is 0.111 e. The predicted octanol–water partition coefficient (Wildman–Crippen LogP) is 4.08. The van der Waals surface area contributed by atoms with E-state index in [1.165, 1.54) is 3.57 Å². The lowest BCUT2D eigenvalue weighted by Crippen LogP contribution is -2.11. The standard InChI is InChI=1S/C13H10INS/c14-11-8-4-5-9-12(11)15-13(16)10-6-2-1-3-7-10/h1-9H,(H,15,16). The molecular weight excluding hydrogens is 329 g/mol. The van der Waals surface area contributed by atoms with Crippen LogP contribution in [0.3, 0.4) is 0 Å². The summed E-state index contributed by atoms with van der Waals surface area (Å²) in [6.45, 7) is 0. The molecule has 0 aliphatic heterocycles. The predicted molar refractivity (Wildman–Crippen MR) is 80.9 cm³/mol. The third kappa shape index (κ3) is 2.80. The Morgan fingerprint density at radius 2 is 1.56 bits per heavy atom. The Morgan fingerprint density at radius 3 is 2.25 bits per heavy atom. The monoisotopic (exact) mass is 339 g/mol. The summed E-state index contributed by atoms with van der Waals surface area (Å²) >= 11 is 7.64. The zero-order valence-corrected chi connectivity index (χ0v) is 11.5. The third-order valence-corrected chi connectivity index (χ3v) is 3.44. The molecule has 2 aromatic rings. The summed E-state index contributed by atoms with van der Waals surface area (Å²) < 4.78 is 1.17. The lowest BCUT2D eigenvalue weighted by atomic mass is 10.2. The highest BCUT2D eigenvalue weighted by Gasteiger charge is 2.02. The van der Waals surface area contributed by atoms with Gasteiger partial charge in [0.25, 0.3) is 0 Å². The van der Waals surface area contributed by atoms with Crippen LogP contribution in [0.25, 0.3) is 0 Å². The number of thiocarbonyl (C=S) groups is 1. The molecule has 0 saturated heterocycles. The van der Waals surface area contributed by atoms with Crippen LogP contribution in [0.15, 0.2) is 54.6 Å². The van der Waals surface area contributed by atoms with E-state index >= 15 is 0 Å². The van der Waals surface area contributed by atoms with Crippen LogP contribution in [0.5, 0.6) is 0 Å². The van der Waals surface area contributed by atoms with Gasteiger partial charge in [-0.3, -0.25) is 0 Å². The first-order chi connectivity index (χ1) is 7.77. The summed E-state index contributed by atoms with van der Waals surface area (Å²) in [6.07, 6.45) is 0. The lowest BCUT2D eigenvalue weighted by Gasteiger charge is -2.09. The summed E-state index contributed by atoms with van der Waals surface area (Å²) in [4.78, 5) is 0.754. The number of halogens is 1. The molecule has 0 aromatic heterocycles. The maximum Gasteiger partial charge on any atom is 0.111 e. The van der Waals surface area contributed by atoms with Crippen LogP contribution in [0.4, 0.5) is 5.69 Å². The van der Waals surface area contributed by atoms with Crippen molar-refractivity contribution >= 4 is 45.5 Å². The van der Waals surface area contributed by atoms with Crippen molar-refractivity contribution in [2.24, 2.45) is 0 Å². The van der Waals surface area contributed by atoms with Crippen LogP contribution in [-0.2, 0) is 0 Å². The average molecular weight is 339 g/mol. The van der Waals surface area contributed by atoms with Crippen LogP contribution >= 0.6 is 34.8 Å². The Labute approximate surface area is 114 Å². The SMILES string of the molecule is S=C(Nc1ccccc1I)c1ccccc1. The molecule has 0 bridgehead atoms. The fraction of sp³-hybridized carbons (Fsp3) is 0. The molecule has 0 saturated carbocycles. The highest BCUT2D eigenvalue weighted by Crippen LogP contribution is 2.18. The maximum atomic E-state index is 5.35. The van der Waals surface area contributed by atoms with Gasteiger partial charge in [-0.2, -0.15) is 0 Å². The maximum absolute atomic E-state index is 5.35. The number of anilines is 1. The second-order valence-electron chi connectivity index (χ2n) is 3.30. The number of hydrogen-bond donors (Lipinski definition) is 1. The molecule has 0 spiro atoms. The van der Waals surface area contributed by atoms with Crippen molar-refractivity contribution in [3.8, 4) is 0 Å². The number of nitrogens with one attached hydrogen (secondary N) is 1. The third-order valence-electron chi connectivity index (χ3n) is 2.16. The number of hydrogen-bond acceptors (Lipinski definition) is 1. The normalized spacial score (nSPS) is 9.81. The fourth-order valence-corrected chi connectivity index (χ4v) is 2.11. The van der Waals surface area contributed by atoms with E-state index in [1.54, 1.807) is 0 Å². The molecule has 0 radical (unpaired) electrons. The van der Waals surface area contributed by atoms with Crippen LogP contribution in [-0.4, -0.2) is 4.99 Å². The van der Waals surface area contributed by atoms with Crippen LogP contribution in [0, 0.1) is 3.57 Å². The number of benzene rings is 2.